The van der Waals surface area contributed by atoms with E-state index in [9.17, 15) is 13.4 Å². The van der Waals surface area contributed by atoms with Gasteiger partial charge in [-0.15, -0.1) is 0 Å². The van der Waals surface area contributed by atoms with Crippen molar-refractivity contribution in [3.05, 3.63) is 52.1 Å². The number of H-pyrrole nitrogens is 1. The van der Waals surface area contributed by atoms with Gasteiger partial charge < -0.3 is 9.47 Å². The second-order valence-corrected chi connectivity index (χ2v) is 7.06. The number of nitrogens with zero attached hydrogens (tertiary/aromatic N) is 2. The van der Waals surface area contributed by atoms with Crippen LogP contribution in [0.4, 0.5) is 4.39 Å². The van der Waals surface area contributed by atoms with Crippen molar-refractivity contribution in [2.75, 3.05) is 21.3 Å². The average molecular weight is 407 g/mol. The summed E-state index contributed by atoms with van der Waals surface area (Å²) in [5.74, 6) is 0.239. The van der Waals surface area contributed by atoms with Crippen molar-refractivity contribution in [2.24, 2.45) is 0 Å². The van der Waals surface area contributed by atoms with Gasteiger partial charge in [-0.25, -0.2) is 13.7 Å². The summed E-state index contributed by atoms with van der Waals surface area (Å²) in [6.45, 7) is -0.0416. The van der Waals surface area contributed by atoms with Crippen molar-refractivity contribution in [2.45, 2.75) is 6.54 Å². The van der Waals surface area contributed by atoms with Crippen molar-refractivity contribution >= 4 is 22.0 Å². The smallest absolute Gasteiger partial charge is 0.272 e. The van der Waals surface area contributed by atoms with Crippen LogP contribution >= 0.6 is 0 Å². The Labute approximate surface area is 162 Å². The summed E-state index contributed by atoms with van der Waals surface area (Å²) in [5, 5.41) is 7.27. The molecule has 1 heterocycles. The molecule has 0 spiro atoms. The standard InChI is InChI=1S/C18H18FN3O5S/c1-22(28(24)25)9-11-5-4-10(6-14(11)19)17-12-7-15(26-2)16(27-3)8-13(12)18(23)21-20-17/h4-8H,9H2,1-3H3,(H,21,23)(H,24,25). The molecule has 0 aliphatic heterocycles. The maximum Gasteiger partial charge on any atom is 0.272 e. The van der Waals surface area contributed by atoms with E-state index in [1.807, 2.05) is 0 Å². The molecular weight excluding hydrogens is 389 g/mol. The molecule has 0 saturated heterocycles. The van der Waals surface area contributed by atoms with Crippen LogP contribution in [0.25, 0.3) is 22.0 Å². The number of aromatic nitrogens is 2. The third-order valence-electron chi connectivity index (χ3n) is 4.28. The van der Waals surface area contributed by atoms with Gasteiger partial charge in [0, 0.05) is 30.1 Å². The summed E-state index contributed by atoms with van der Waals surface area (Å²) >= 11 is -2.20. The number of aromatic amines is 1. The molecule has 0 saturated carbocycles. The molecular formula is C18H18FN3O5S. The van der Waals surface area contributed by atoms with Gasteiger partial charge in [0.2, 0.25) is 11.3 Å². The topological polar surface area (TPSA) is 105 Å². The molecule has 1 atom stereocenters. The maximum absolute atomic E-state index is 14.6. The fourth-order valence-electron chi connectivity index (χ4n) is 2.83. The second-order valence-electron chi connectivity index (χ2n) is 5.98. The highest BCUT2D eigenvalue weighted by Crippen LogP contribution is 2.34. The van der Waals surface area contributed by atoms with Crippen LogP contribution in [-0.2, 0) is 17.8 Å². The molecule has 10 heteroatoms. The van der Waals surface area contributed by atoms with Crippen molar-refractivity contribution in [1.29, 1.82) is 0 Å². The van der Waals surface area contributed by atoms with E-state index < -0.39 is 22.6 Å². The number of ether oxygens (including phenoxy) is 2. The number of methoxy groups -OCH3 is 2. The third-order valence-corrected chi connectivity index (χ3v) is 4.94. The van der Waals surface area contributed by atoms with Gasteiger partial charge in [-0.3, -0.25) is 9.35 Å². The van der Waals surface area contributed by atoms with Gasteiger partial charge in [-0.2, -0.15) is 9.40 Å². The van der Waals surface area contributed by atoms with Crippen molar-refractivity contribution in [3.63, 3.8) is 0 Å². The van der Waals surface area contributed by atoms with Crippen LogP contribution < -0.4 is 15.0 Å². The monoisotopic (exact) mass is 407 g/mol. The molecule has 148 valence electrons. The average Bonchev–Trinajstić information content (AvgIpc) is 2.68. The molecule has 1 aromatic heterocycles. The number of hydrogen-bond acceptors (Lipinski definition) is 5. The normalized spacial score (nSPS) is 12.4. The van der Waals surface area contributed by atoms with E-state index in [0.717, 1.165) is 4.31 Å². The summed E-state index contributed by atoms with van der Waals surface area (Å²) in [7, 11) is 4.34. The molecule has 3 aromatic rings. The van der Waals surface area contributed by atoms with Crippen LogP contribution in [0.1, 0.15) is 5.56 Å². The highest BCUT2D eigenvalue weighted by Gasteiger charge is 2.16. The van der Waals surface area contributed by atoms with E-state index in [-0.39, 0.29) is 12.1 Å². The molecule has 8 nitrogen and oxygen atoms in total. The predicted octanol–water partition coefficient (Wildman–Crippen LogP) is 2.31. The van der Waals surface area contributed by atoms with Crippen LogP contribution in [0.3, 0.4) is 0 Å². The zero-order valence-electron chi connectivity index (χ0n) is 15.4. The summed E-state index contributed by atoms with van der Waals surface area (Å²) in [5.41, 5.74) is 0.632. The lowest BCUT2D eigenvalue weighted by Crippen LogP contribution is -2.20. The first-order valence-corrected chi connectivity index (χ1v) is 9.17. The Balaban J connectivity index is 2.13. The van der Waals surface area contributed by atoms with E-state index in [1.54, 1.807) is 12.1 Å². The summed E-state index contributed by atoms with van der Waals surface area (Å²) in [6, 6.07) is 7.55. The highest BCUT2D eigenvalue weighted by atomic mass is 32.2. The molecule has 28 heavy (non-hydrogen) atoms. The largest absolute Gasteiger partial charge is 0.493 e. The number of nitrogens with one attached hydrogen (secondary N) is 1. The molecule has 0 amide bonds. The first-order valence-electron chi connectivity index (χ1n) is 8.11. The highest BCUT2D eigenvalue weighted by molar-refractivity contribution is 7.76. The zero-order valence-corrected chi connectivity index (χ0v) is 16.2. The lowest BCUT2D eigenvalue weighted by atomic mass is 10.0. The van der Waals surface area contributed by atoms with Crippen LogP contribution in [0.5, 0.6) is 11.5 Å². The zero-order chi connectivity index (χ0) is 20.4. The number of rotatable bonds is 6. The van der Waals surface area contributed by atoms with E-state index in [4.69, 9.17) is 14.0 Å². The van der Waals surface area contributed by atoms with Gasteiger partial charge in [-0.1, -0.05) is 12.1 Å². The predicted molar refractivity (Wildman–Crippen MR) is 103 cm³/mol. The van der Waals surface area contributed by atoms with Crippen molar-refractivity contribution < 1.29 is 22.6 Å². The number of fused-ring (bicyclic) bond motifs is 1. The van der Waals surface area contributed by atoms with Crippen LogP contribution in [0, 0.1) is 5.82 Å². The van der Waals surface area contributed by atoms with E-state index in [0.29, 0.717) is 33.5 Å². The SMILES string of the molecule is COc1cc2c(-c3ccc(CN(C)S(=O)O)c(F)c3)n[nH]c(=O)c2cc1OC. The van der Waals surface area contributed by atoms with E-state index in [2.05, 4.69) is 10.2 Å². The lowest BCUT2D eigenvalue weighted by Gasteiger charge is -2.13. The van der Waals surface area contributed by atoms with Crippen molar-refractivity contribution in [1.82, 2.24) is 14.5 Å². The molecule has 2 N–H and O–H groups in total. The third kappa shape index (κ3) is 3.75. The Bertz CT molecular complexity index is 1120. The number of halogens is 1. The quantitative estimate of drug-likeness (QED) is 0.608. The van der Waals surface area contributed by atoms with Gasteiger partial charge in [0.15, 0.2) is 11.5 Å². The second kappa shape index (κ2) is 8.05. The van der Waals surface area contributed by atoms with Gasteiger partial charge in [-0.05, 0) is 18.2 Å². The van der Waals surface area contributed by atoms with Gasteiger partial charge in [0.05, 0.1) is 25.3 Å². The van der Waals surface area contributed by atoms with Gasteiger partial charge in [0.25, 0.3) is 5.56 Å². The first-order chi connectivity index (χ1) is 13.3. The molecule has 0 fully saturated rings. The Morgan fingerprint density at radius 1 is 1.18 bits per heavy atom. The Hall–Kier alpha value is -2.82. The maximum atomic E-state index is 14.6. The lowest BCUT2D eigenvalue weighted by molar-refractivity contribution is 0.356. The summed E-state index contributed by atoms with van der Waals surface area (Å²) in [6.07, 6.45) is 0. The Kier molecular flexibility index (Phi) is 5.73. The van der Waals surface area contributed by atoms with Crippen molar-refractivity contribution in [3.8, 4) is 22.8 Å². The summed E-state index contributed by atoms with van der Waals surface area (Å²) in [4.78, 5) is 12.2. The minimum Gasteiger partial charge on any atom is -0.493 e. The number of benzene rings is 2. The van der Waals surface area contributed by atoms with Crippen LogP contribution in [-0.4, -0.2) is 44.5 Å². The van der Waals surface area contributed by atoms with Crippen LogP contribution in [0.2, 0.25) is 0 Å². The van der Waals surface area contributed by atoms with Crippen LogP contribution in [0.15, 0.2) is 35.1 Å². The molecule has 0 bridgehead atoms. The molecule has 0 aliphatic carbocycles. The molecule has 0 aliphatic rings. The first kappa shape index (κ1) is 19.9. The fraction of sp³-hybridized carbons (Fsp3) is 0.222. The van der Waals surface area contributed by atoms with Gasteiger partial charge in [0.1, 0.15) is 5.82 Å². The number of hydrogen-bond donors (Lipinski definition) is 2. The van der Waals surface area contributed by atoms with Gasteiger partial charge >= 0.3 is 0 Å². The minimum absolute atomic E-state index is 0.0416. The fourth-order valence-corrected chi connectivity index (χ4v) is 3.08. The van der Waals surface area contributed by atoms with E-state index >= 15 is 0 Å². The molecule has 2 aromatic carbocycles. The van der Waals surface area contributed by atoms with E-state index in [1.165, 1.54) is 39.5 Å². The Morgan fingerprint density at radius 3 is 2.39 bits per heavy atom. The molecule has 1 unspecified atom stereocenters. The molecule has 3 rings (SSSR count). The Morgan fingerprint density at radius 2 is 1.82 bits per heavy atom. The molecule has 0 radical (unpaired) electrons. The minimum atomic E-state index is -2.20. The summed E-state index contributed by atoms with van der Waals surface area (Å²) < 4.78 is 46.2.